The zero-order chi connectivity index (χ0) is 10.4. The van der Waals surface area contributed by atoms with Crippen LogP contribution < -0.4 is 5.32 Å². The van der Waals surface area contributed by atoms with Crippen LogP contribution in [0.3, 0.4) is 0 Å². The van der Waals surface area contributed by atoms with Crippen molar-refractivity contribution in [2.45, 2.75) is 39.5 Å². The monoisotopic (exact) mass is 198 g/mol. The van der Waals surface area contributed by atoms with Crippen molar-refractivity contribution in [2.75, 3.05) is 19.7 Å². The van der Waals surface area contributed by atoms with Gasteiger partial charge in [-0.05, 0) is 24.7 Å². The highest BCUT2D eigenvalue weighted by atomic mass is 16.3. The van der Waals surface area contributed by atoms with E-state index in [2.05, 4.69) is 24.2 Å². The fourth-order valence-corrected chi connectivity index (χ4v) is 1.57. The van der Waals surface area contributed by atoms with Gasteiger partial charge in [0.15, 0.2) is 0 Å². The van der Waals surface area contributed by atoms with Crippen LogP contribution in [-0.2, 0) is 0 Å². The summed E-state index contributed by atoms with van der Waals surface area (Å²) in [5.74, 6) is 1.15. The number of nitrogens with zero attached hydrogens (tertiary/aromatic N) is 1. The van der Waals surface area contributed by atoms with E-state index in [1.165, 1.54) is 12.8 Å². The number of aliphatic imine (C=N–C) groups is 1. The summed E-state index contributed by atoms with van der Waals surface area (Å²) >= 11 is 0. The molecule has 1 aliphatic rings. The molecule has 1 rings (SSSR count). The molecule has 14 heavy (non-hydrogen) atoms. The molecule has 3 heteroatoms. The smallest absolute Gasteiger partial charge is 0.0963 e. The average molecular weight is 198 g/mol. The third kappa shape index (κ3) is 4.09. The number of rotatable bonds is 4. The van der Waals surface area contributed by atoms with Crippen LogP contribution in [0.5, 0.6) is 0 Å². The molecule has 0 atom stereocenters. The molecule has 0 aromatic heterocycles. The number of nitrogens with one attached hydrogen (secondary N) is 1. The van der Waals surface area contributed by atoms with Gasteiger partial charge in [-0.25, -0.2) is 0 Å². The van der Waals surface area contributed by atoms with Crippen molar-refractivity contribution in [3.8, 4) is 0 Å². The van der Waals surface area contributed by atoms with E-state index in [1.807, 2.05) is 0 Å². The normalized spacial score (nSPS) is 17.8. The standard InChI is InChI=1S/C11H22N2O/c1-11(2,6-8-14)9-13-10-5-3-4-7-12-10/h14H,3-9H2,1-2H3,(H,12,13). The van der Waals surface area contributed by atoms with Crippen LogP contribution in [-0.4, -0.2) is 30.6 Å². The van der Waals surface area contributed by atoms with Gasteiger partial charge >= 0.3 is 0 Å². The zero-order valence-electron chi connectivity index (χ0n) is 9.34. The maximum absolute atomic E-state index is 8.88. The molecule has 0 bridgehead atoms. The average Bonchev–Trinajstić information content (AvgIpc) is 2.17. The summed E-state index contributed by atoms with van der Waals surface area (Å²) in [6.45, 7) is 6.48. The predicted octanol–water partition coefficient (Wildman–Crippen LogP) is 1.57. The van der Waals surface area contributed by atoms with Crippen LogP contribution in [0, 0.1) is 5.41 Å². The summed E-state index contributed by atoms with van der Waals surface area (Å²) in [6, 6.07) is 0. The molecular formula is C11H22N2O. The minimum Gasteiger partial charge on any atom is -0.396 e. The Morgan fingerprint density at radius 3 is 2.79 bits per heavy atom. The topological polar surface area (TPSA) is 44.6 Å². The van der Waals surface area contributed by atoms with Gasteiger partial charge in [0.25, 0.3) is 0 Å². The van der Waals surface area contributed by atoms with E-state index in [0.29, 0.717) is 0 Å². The van der Waals surface area contributed by atoms with Crippen molar-refractivity contribution in [3.05, 3.63) is 0 Å². The fraction of sp³-hybridized carbons (Fsp3) is 0.909. The number of aliphatic hydroxyl groups excluding tert-OH is 1. The van der Waals surface area contributed by atoms with Crippen molar-refractivity contribution in [1.82, 2.24) is 5.32 Å². The van der Waals surface area contributed by atoms with Gasteiger partial charge in [0.05, 0.1) is 5.84 Å². The molecule has 3 nitrogen and oxygen atoms in total. The first-order valence-electron chi connectivity index (χ1n) is 5.52. The van der Waals surface area contributed by atoms with Gasteiger partial charge in [-0.3, -0.25) is 4.99 Å². The van der Waals surface area contributed by atoms with Crippen molar-refractivity contribution in [3.63, 3.8) is 0 Å². The molecule has 82 valence electrons. The third-order valence-corrected chi connectivity index (χ3v) is 2.68. The summed E-state index contributed by atoms with van der Waals surface area (Å²) in [7, 11) is 0. The summed E-state index contributed by atoms with van der Waals surface area (Å²) in [4.78, 5) is 4.44. The summed E-state index contributed by atoms with van der Waals surface area (Å²) in [6.07, 6.45) is 4.42. The Hall–Kier alpha value is -0.570. The fourth-order valence-electron chi connectivity index (χ4n) is 1.57. The number of aliphatic hydroxyl groups is 1. The lowest BCUT2D eigenvalue weighted by molar-refractivity contribution is 0.212. The zero-order valence-corrected chi connectivity index (χ0v) is 9.34. The lowest BCUT2D eigenvalue weighted by Gasteiger charge is -2.25. The number of amidine groups is 1. The first kappa shape index (κ1) is 11.5. The highest BCUT2D eigenvalue weighted by molar-refractivity contribution is 5.82. The van der Waals surface area contributed by atoms with Gasteiger partial charge in [0.1, 0.15) is 0 Å². The molecule has 0 aromatic rings. The summed E-state index contributed by atoms with van der Waals surface area (Å²) < 4.78 is 0. The lowest BCUT2D eigenvalue weighted by Crippen LogP contribution is -2.35. The Balaban J connectivity index is 2.27. The van der Waals surface area contributed by atoms with E-state index >= 15 is 0 Å². The molecule has 0 aromatic carbocycles. The summed E-state index contributed by atoms with van der Waals surface area (Å²) in [5, 5.41) is 12.3. The minimum atomic E-state index is 0.161. The van der Waals surface area contributed by atoms with Gasteiger partial charge < -0.3 is 10.4 Å². The molecule has 2 N–H and O–H groups in total. The Kier molecular flexibility index (Phi) is 4.39. The van der Waals surface area contributed by atoms with E-state index in [9.17, 15) is 0 Å². The Labute approximate surface area is 86.6 Å². The Morgan fingerprint density at radius 1 is 1.43 bits per heavy atom. The first-order valence-corrected chi connectivity index (χ1v) is 5.52. The van der Waals surface area contributed by atoms with E-state index in [4.69, 9.17) is 5.11 Å². The molecular weight excluding hydrogens is 176 g/mol. The van der Waals surface area contributed by atoms with E-state index in [-0.39, 0.29) is 12.0 Å². The van der Waals surface area contributed by atoms with Crippen molar-refractivity contribution in [1.29, 1.82) is 0 Å². The molecule has 0 radical (unpaired) electrons. The second-order valence-corrected chi connectivity index (χ2v) is 4.78. The summed E-state index contributed by atoms with van der Waals surface area (Å²) in [5.41, 5.74) is 0.161. The SMILES string of the molecule is CC(C)(CCO)CNC1=NCCCC1. The van der Waals surface area contributed by atoms with Crippen LogP contribution in [0.4, 0.5) is 0 Å². The van der Waals surface area contributed by atoms with Crippen molar-refractivity contribution >= 4 is 5.84 Å². The second kappa shape index (κ2) is 5.35. The van der Waals surface area contributed by atoms with E-state index in [0.717, 1.165) is 31.8 Å². The maximum atomic E-state index is 8.88. The number of hydrogen-bond acceptors (Lipinski definition) is 3. The third-order valence-electron chi connectivity index (χ3n) is 2.68. The number of hydrogen-bond donors (Lipinski definition) is 2. The Bertz CT molecular complexity index is 199. The van der Waals surface area contributed by atoms with Crippen LogP contribution in [0.2, 0.25) is 0 Å². The van der Waals surface area contributed by atoms with Crippen LogP contribution in [0.1, 0.15) is 39.5 Å². The quantitative estimate of drug-likeness (QED) is 0.720. The molecule has 1 heterocycles. The first-order chi connectivity index (χ1) is 6.64. The molecule has 0 saturated heterocycles. The Morgan fingerprint density at radius 2 is 2.21 bits per heavy atom. The molecule has 0 spiro atoms. The molecule has 1 aliphatic heterocycles. The van der Waals surface area contributed by atoms with E-state index in [1.54, 1.807) is 0 Å². The highest BCUT2D eigenvalue weighted by Crippen LogP contribution is 2.18. The maximum Gasteiger partial charge on any atom is 0.0963 e. The molecule has 0 amide bonds. The molecule has 0 saturated carbocycles. The van der Waals surface area contributed by atoms with E-state index < -0.39 is 0 Å². The van der Waals surface area contributed by atoms with Crippen molar-refractivity contribution in [2.24, 2.45) is 10.4 Å². The molecule has 0 fully saturated rings. The van der Waals surface area contributed by atoms with Gasteiger partial charge in [-0.1, -0.05) is 13.8 Å². The van der Waals surface area contributed by atoms with Gasteiger partial charge in [0, 0.05) is 26.1 Å². The van der Waals surface area contributed by atoms with Crippen LogP contribution >= 0.6 is 0 Å². The highest BCUT2D eigenvalue weighted by Gasteiger charge is 2.17. The largest absolute Gasteiger partial charge is 0.396 e. The van der Waals surface area contributed by atoms with Gasteiger partial charge in [-0.15, -0.1) is 0 Å². The van der Waals surface area contributed by atoms with Crippen molar-refractivity contribution < 1.29 is 5.11 Å². The van der Waals surface area contributed by atoms with Gasteiger partial charge in [0.2, 0.25) is 0 Å². The predicted molar refractivity (Wildman–Crippen MR) is 59.6 cm³/mol. The minimum absolute atomic E-state index is 0.161. The second-order valence-electron chi connectivity index (χ2n) is 4.78. The lowest BCUT2D eigenvalue weighted by atomic mass is 9.89. The van der Waals surface area contributed by atoms with Gasteiger partial charge in [-0.2, -0.15) is 0 Å². The van der Waals surface area contributed by atoms with Crippen LogP contribution in [0.25, 0.3) is 0 Å². The molecule has 0 unspecified atom stereocenters. The van der Waals surface area contributed by atoms with Crippen LogP contribution in [0.15, 0.2) is 4.99 Å². The molecule has 0 aliphatic carbocycles.